The standard InChI is InChI=1S/C23H26N4OS.C22H24N4OS/c1-28-22-7-8-24-15-21(22)18-5-6-19(25-12-18)10-16-3-4-17(9-16)11-23-26-13-20(29-2)14-27-23;1-28-19-12-25-22(26-13-19)10-16-3-2-15(8-16)9-18-5-4-17(11-24-18)20-14-23-7-6-21(20)27/h5-8,12-17H,3-4,9-11H2,1-2H3;4-7,11-16H,2-3,8-10H2,1H3,(H,23,27)/t16-,17-;15-,16-/m00/s1. The van der Waals surface area contributed by atoms with Crippen molar-refractivity contribution in [3.63, 3.8) is 0 Å². The van der Waals surface area contributed by atoms with Gasteiger partial charge in [0.1, 0.15) is 17.4 Å². The van der Waals surface area contributed by atoms with Gasteiger partial charge in [0.2, 0.25) is 0 Å². The summed E-state index contributed by atoms with van der Waals surface area (Å²) in [6.45, 7) is 0. The number of pyridine rings is 4. The van der Waals surface area contributed by atoms with Crippen LogP contribution in [0.2, 0.25) is 0 Å². The fourth-order valence-corrected chi connectivity index (χ4v) is 8.77. The Morgan fingerprint density at radius 2 is 1.12 bits per heavy atom. The molecule has 0 aromatic carbocycles. The van der Waals surface area contributed by atoms with E-state index in [-0.39, 0.29) is 5.43 Å². The zero-order valence-corrected chi connectivity index (χ0v) is 34.5. The van der Waals surface area contributed by atoms with Gasteiger partial charge in [0.05, 0.1) is 7.11 Å². The van der Waals surface area contributed by atoms with Crippen molar-refractivity contribution < 1.29 is 4.74 Å². The molecule has 4 atom stereocenters. The third-order valence-electron chi connectivity index (χ3n) is 11.2. The fourth-order valence-electron chi connectivity index (χ4n) is 8.14. The lowest BCUT2D eigenvalue weighted by molar-refractivity contribution is 0.416. The summed E-state index contributed by atoms with van der Waals surface area (Å²) < 4.78 is 5.43. The van der Waals surface area contributed by atoms with Crippen molar-refractivity contribution in [2.75, 3.05) is 19.6 Å². The van der Waals surface area contributed by atoms with Gasteiger partial charge in [-0.3, -0.25) is 19.7 Å². The summed E-state index contributed by atoms with van der Waals surface area (Å²) in [4.78, 5) is 48.7. The Labute approximate surface area is 343 Å². The first-order chi connectivity index (χ1) is 28.0. The highest BCUT2D eigenvalue weighted by Gasteiger charge is 2.27. The van der Waals surface area contributed by atoms with Crippen LogP contribution in [-0.4, -0.2) is 59.5 Å². The molecule has 2 aliphatic carbocycles. The maximum absolute atomic E-state index is 11.9. The molecular formula is C45H50N8O2S2. The quantitative estimate of drug-likeness (QED) is 0.112. The third kappa shape index (κ3) is 11.1. The van der Waals surface area contributed by atoms with Crippen molar-refractivity contribution in [1.82, 2.24) is 39.9 Å². The van der Waals surface area contributed by atoms with Gasteiger partial charge in [0, 0.05) is 124 Å². The molecule has 294 valence electrons. The topological polar surface area (TPSA) is 132 Å². The Bertz CT molecular complexity index is 2220. The number of H-pyrrole nitrogens is 1. The minimum absolute atomic E-state index is 0.0136. The minimum atomic E-state index is 0.0136. The zero-order valence-electron chi connectivity index (χ0n) is 32.9. The molecule has 2 aliphatic rings. The number of nitrogens with one attached hydrogen (secondary N) is 1. The van der Waals surface area contributed by atoms with E-state index in [2.05, 4.69) is 53.1 Å². The van der Waals surface area contributed by atoms with Gasteiger partial charge < -0.3 is 9.72 Å². The second kappa shape index (κ2) is 20.0. The van der Waals surface area contributed by atoms with E-state index in [4.69, 9.17) is 9.72 Å². The van der Waals surface area contributed by atoms with E-state index in [0.717, 1.165) is 81.0 Å². The number of nitrogens with zero attached hydrogens (tertiary/aromatic N) is 7. The Hall–Kier alpha value is -4.94. The molecule has 10 nitrogen and oxygen atoms in total. The maximum Gasteiger partial charge on any atom is 0.189 e. The smallest absolute Gasteiger partial charge is 0.189 e. The number of hydrogen-bond acceptors (Lipinski definition) is 11. The van der Waals surface area contributed by atoms with Crippen LogP contribution in [0.3, 0.4) is 0 Å². The molecule has 0 radical (unpaired) electrons. The number of rotatable bonds is 13. The van der Waals surface area contributed by atoms with Gasteiger partial charge in [-0.1, -0.05) is 12.1 Å². The molecule has 0 aliphatic heterocycles. The number of thioether (sulfide) groups is 2. The van der Waals surface area contributed by atoms with Crippen molar-refractivity contribution in [3.05, 3.63) is 132 Å². The number of ether oxygens (including phenoxy) is 1. The SMILES string of the molecule is COc1ccncc1-c1ccc(C[C@H]2CC[C@H](Cc3ncc(SC)cn3)C2)nc1.CSc1cnc(C[C@H]2CC[C@H](Cc3ccc(-c4c[nH]ccc4=O)cn3)C2)nc1. The van der Waals surface area contributed by atoms with E-state index in [1.165, 1.54) is 38.5 Å². The van der Waals surface area contributed by atoms with Crippen LogP contribution in [0.5, 0.6) is 5.75 Å². The molecule has 6 aromatic rings. The van der Waals surface area contributed by atoms with Crippen LogP contribution in [0.4, 0.5) is 0 Å². The van der Waals surface area contributed by atoms with Gasteiger partial charge in [-0.15, -0.1) is 23.5 Å². The summed E-state index contributed by atoms with van der Waals surface area (Å²) >= 11 is 3.35. The highest BCUT2D eigenvalue weighted by molar-refractivity contribution is 7.98. The van der Waals surface area contributed by atoms with E-state index in [1.807, 2.05) is 68.0 Å². The van der Waals surface area contributed by atoms with Crippen molar-refractivity contribution in [2.24, 2.45) is 23.7 Å². The third-order valence-corrected chi connectivity index (χ3v) is 12.5. The minimum Gasteiger partial charge on any atom is -0.496 e. The van der Waals surface area contributed by atoms with Crippen molar-refractivity contribution in [2.45, 2.75) is 74.0 Å². The molecule has 12 heteroatoms. The number of aromatic amines is 1. The Balaban J connectivity index is 0.000000174. The summed E-state index contributed by atoms with van der Waals surface area (Å²) in [5, 5.41) is 0. The van der Waals surface area contributed by atoms with E-state index >= 15 is 0 Å². The number of aromatic nitrogens is 8. The lowest BCUT2D eigenvalue weighted by Crippen LogP contribution is -2.07. The molecule has 6 aromatic heterocycles. The average Bonchev–Trinajstić information content (AvgIpc) is 3.90. The van der Waals surface area contributed by atoms with Crippen LogP contribution in [0.15, 0.2) is 113 Å². The Morgan fingerprint density at radius 1 is 0.614 bits per heavy atom. The molecule has 0 saturated heterocycles. The molecular weight excluding hydrogens is 749 g/mol. The number of hydrogen-bond donors (Lipinski definition) is 1. The van der Waals surface area contributed by atoms with Gasteiger partial charge in [0.15, 0.2) is 5.43 Å². The molecule has 0 unspecified atom stereocenters. The van der Waals surface area contributed by atoms with E-state index in [0.29, 0.717) is 29.2 Å². The number of methoxy groups -OCH3 is 1. The normalized spacial score (nSPS) is 18.9. The van der Waals surface area contributed by atoms with Gasteiger partial charge in [-0.2, -0.15) is 0 Å². The molecule has 0 bridgehead atoms. The van der Waals surface area contributed by atoms with Crippen molar-refractivity contribution in [3.8, 4) is 28.0 Å². The van der Waals surface area contributed by atoms with Crippen LogP contribution in [0.25, 0.3) is 22.3 Å². The van der Waals surface area contributed by atoms with Gasteiger partial charge in [-0.25, -0.2) is 19.9 Å². The first-order valence-electron chi connectivity index (χ1n) is 19.7. The molecule has 2 fully saturated rings. The van der Waals surface area contributed by atoms with Crippen LogP contribution < -0.4 is 10.2 Å². The van der Waals surface area contributed by atoms with Gasteiger partial charge in [-0.05, 0) is 106 Å². The summed E-state index contributed by atoms with van der Waals surface area (Å²) in [5.74, 6) is 5.44. The monoisotopic (exact) mass is 798 g/mol. The summed E-state index contributed by atoms with van der Waals surface area (Å²) in [6.07, 6.45) is 33.9. The molecule has 8 rings (SSSR count). The molecule has 6 heterocycles. The van der Waals surface area contributed by atoms with Crippen molar-refractivity contribution in [1.29, 1.82) is 0 Å². The molecule has 2 saturated carbocycles. The highest BCUT2D eigenvalue weighted by atomic mass is 32.2. The molecule has 0 spiro atoms. The lowest BCUT2D eigenvalue weighted by Gasteiger charge is -2.12. The fraction of sp³-hybridized carbons (Fsp3) is 0.378. The molecule has 1 N–H and O–H groups in total. The first-order valence-corrected chi connectivity index (χ1v) is 22.2. The summed E-state index contributed by atoms with van der Waals surface area (Å²) in [5.41, 5.74) is 5.80. The Morgan fingerprint density at radius 3 is 1.58 bits per heavy atom. The predicted octanol–water partition coefficient (Wildman–Crippen LogP) is 9.02. The molecule has 57 heavy (non-hydrogen) atoms. The average molecular weight is 799 g/mol. The largest absolute Gasteiger partial charge is 0.496 e. The van der Waals surface area contributed by atoms with Crippen LogP contribution in [-0.2, 0) is 25.7 Å². The maximum atomic E-state index is 11.9. The summed E-state index contributed by atoms with van der Waals surface area (Å²) in [6, 6.07) is 11.7. The zero-order chi connectivity index (χ0) is 39.4. The van der Waals surface area contributed by atoms with Crippen LogP contribution in [0, 0.1) is 23.7 Å². The Kier molecular flexibility index (Phi) is 14.1. The predicted molar refractivity (Wildman–Crippen MR) is 228 cm³/mol. The van der Waals surface area contributed by atoms with Crippen molar-refractivity contribution >= 4 is 23.5 Å². The lowest BCUT2D eigenvalue weighted by atomic mass is 9.97. The highest BCUT2D eigenvalue weighted by Crippen LogP contribution is 2.36. The molecule has 0 amide bonds. The van der Waals surface area contributed by atoms with E-state index in [9.17, 15) is 4.79 Å². The van der Waals surface area contributed by atoms with Crippen LogP contribution >= 0.6 is 23.5 Å². The second-order valence-corrected chi connectivity index (χ2v) is 16.8. The van der Waals surface area contributed by atoms with E-state index in [1.54, 1.807) is 55.3 Å². The van der Waals surface area contributed by atoms with E-state index < -0.39 is 0 Å². The first kappa shape index (κ1) is 40.3. The van der Waals surface area contributed by atoms with Gasteiger partial charge >= 0.3 is 0 Å². The van der Waals surface area contributed by atoms with Gasteiger partial charge in [0.25, 0.3) is 0 Å². The second-order valence-electron chi connectivity index (χ2n) is 15.1. The van der Waals surface area contributed by atoms with Crippen LogP contribution in [0.1, 0.15) is 61.6 Å². The summed E-state index contributed by atoms with van der Waals surface area (Å²) in [7, 11) is 1.68.